The zero-order valence-electron chi connectivity index (χ0n) is 14.2. The minimum absolute atomic E-state index is 0.0400. The Labute approximate surface area is 137 Å². The monoisotopic (exact) mass is 324 g/mol. The average Bonchev–Trinajstić information content (AvgIpc) is 2.72. The number of Topliss-reactive ketones (excluding diaryl/α,β-unsaturated/α-hetero) is 1. The third kappa shape index (κ3) is 1.85. The summed E-state index contributed by atoms with van der Waals surface area (Å²) in [5.41, 5.74) is -1.60. The van der Waals surface area contributed by atoms with E-state index in [2.05, 4.69) is 6.92 Å². The summed E-state index contributed by atoms with van der Waals surface area (Å²) in [4.78, 5) is 12.4. The van der Waals surface area contributed by atoms with Crippen LogP contribution < -0.4 is 0 Å². The SMILES string of the molecule is CC12CCC3C(C(O)C[C@@]4(O)CCCCC34C)C1C[C@@H](F)C2=O. The maximum atomic E-state index is 14.2. The van der Waals surface area contributed by atoms with Crippen molar-refractivity contribution in [2.75, 3.05) is 0 Å². The molecule has 3 nitrogen and oxygen atoms in total. The molecule has 4 fully saturated rings. The predicted octanol–water partition coefficient (Wildman–Crippen LogP) is 3.02. The standard InChI is InChI=1S/C19H29FO3/c1-17-8-5-11-15(12(17)9-13(20)16(17)22)14(21)10-19(23)7-4-3-6-18(11,19)2/h11-15,21,23H,3-10H2,1-2H3/t11?,12?,13-,14?,15?,17?,18?,19+/m1/s1. The van der Waals surface area contributed by atoms with Crippen molar-refractivity contribution in [3.63, 3.8) is 0 Å². The van der Waals surface area contributed by atoms with E-state index in [1.807, 2.05) is 6.92 Å². The molecule has 0 aromatic rings. The zero-order valence-corrected chi connectivity index (χ0v) is 14.2. The minimum Gasteiger partial charge on any atom is -0.393 e. The highest BCUT2D eigenvalue weighted by molar-refractivity contribution is 5.91. The Kier molecular flexibility index (Phi) is 3.33. The van der Waals surface area contributed by atoms with Crippen molar-refractivity contribution in [2.45, 2.75) is 83.1 Å². The van der Waals surface area contributed by atoms with Crippen LogP contribution in [-0.4, -0.2) is 33.9 Å². The van der Waals surface area contributed by atoms with Gasteiger partial charge in [-0.1, -0.05) is 26.7 Å². The van der Waals surface area contributed by atoms with E-state index in [4.69, 9.17) is 0 Å². The van der Waals surface area contributed by atoms with Crippen LogP contribution in [-0.2, 0) is 4.79 Å². The first-order valence-electron chi connectivity index (χ1n) is 9.32. The summed E-state index contributed by atoms with van der Waals surface area (Å²) in [6, 6.07) is 0. The normalized spacial score (nSPS) is 59.2. The van der Waals surface area contributed by atoms with Crippen LogP contribution in [0.2, 0.25) is 0 Å². The second kappa shape index (κ2) is 4.78. The Bertz CT molecular complexity index is 537. The van der Waals surface area contributed by atoms with Crippen LogP contribution in [0.25, 0.3) is 0 Å². The van der Waals surface area contributed by atoms with Gasteiger partial charge in [-0.3, -0.25) is 4.79 Å². The molecule has 0 aromatic heterocycles. The number of fused-ring (bicyclic) bond motifs is 5. The van der Waals surface area contributed by atoms with Crippen LogP contribution in [0.1, 0.15) is 65.2 Å². The van der Waals surface area contributed by atoms with Crippen molar-refractivity contribution in [2.24, 2.45) is 28.6 Å². The number of aliphatic hydroxyl groups excluding tert-OH is 1. The number of aliphatic hydroxyl groups is 2. The summed E-state index contributed by atoms with van der Waals surface area (Å²) in [5, 5.41) is 22.1. The molecule has 4 heteroatoms. The Morgan fingerprint density at radius 1 is 1.13 bits per heavy atom. The molecule has 0 bridgehead atoms. The fourth-order valence-corrected chi connectivity index (χ4v) is 7.00. The number of carbonyl (C=O) groups is 1. The highest BCUT2D eigenvalue weighted by atomic mass is 19.1. The molecule has 0 saturated heterocycles. The van der Waals surface area contributed by atoms with Crippen LogP contribution in [0.15, 0.2) is 0 Å². The highest BCUT2D eigenvalue weighted by Gasteiger charge is 2.67. The topological polar surface area (TPSA) is 57.5 Å². The van der Waals surface area contributed by atoms with Crippen molar-refractivity contribution in [1.29, 1.82) is 0 Å². The van der Waals surface area contributed by atoms with Gasteiger partial charge in [-0.25, -0.2) is 4.39 Å². The molecule has 6 unspecified atom stereocenters. The van der Waals surface area contributed by atoms with Crippen LogP contribution in [0.3, 0.4) is 0 Å². The van der Waals surface area contributed by atoms with Gasteiger partial charge in [0.25, 0.3) is 0 Å². The molecule has 0 aromatic carbocycles. The molecule has 130 valence electrons. The van der Waals surface area contributed by atoms with Gasteiger partial charge in [-0.15, -0.1) is 0 Å². The van der Waals surface area contributed by atoms with E-state index in [-0.39, 0.29) is 35.4 Å². The zero-order chi connectivity index (χ0) is 16.6. The molecule has 0 aliphatic heterocycles. The molecule has 4 rings (SSSR count). The van der Waals surface area contributed by atoms with E-state index in [0.29, 0.717) is 12.8 Å². The number of halogens is 1. The third-order valence-corrected chi connectivity index (χ3v) is 8.44. The maximum Gasteiger partial charge on any atom is 0.173 e. The smallest absolute Gasteiger partial charge is 0.173 e. The molecule has 4 aliphatic carbocycles. The minimum atomic E-state index is -1.36. The van der Waals surface area contributed by atoms with E-state index in [0.717, 1.165) is 32.1 Å². The second-order valence-electron chi connectivity index (χ2n) is 9.24. The van der Waals surface area contributed by atoms with Crippen molar-refractivity contribution in [3.8, 4) is 0 Å². The average molecular weight is 324 g/mol. The lowest BCUT2D eigenvalue weighted by atomic mass is 9.43. The van der Waals surface area contributed by atoms with E-state index < -0.39 is 23.3 Å². The van der Waals surface area contributed by atoms with Gasteiger partial charge in [-0.05, 0) is 55.3 Å². The summed E-state index contributed by atoms with van der Waals surface area (Å²) in [6.07, 6.45) is 4.08. The summed E-state index contributed by atoms with van der Waals surface area (Å²) < 4.78 is 14.2. The molecule has 23 heavy (non-hydrogen) atoms. The molecular formula is C19H29FO3. The summed E-state index contributed by atoms with van der Waals surface area (Å²) in [7, 11) is 0. The van der Waals surface area contributed by atoms with Gasteiger partial charge in [0.2, 0.25) is 0 Å². The number of ketones is 1. The first-order valence-corrected chi connectivity index (χ1v) is 9.32. The van der Waals surface area contributed by atoms with Crippen LogP contribution in [0, 0.1) is 28.6 Å². The number of hydrogen-bond acceptors (Lipinski definition) is 3. The molecular weight excluding hydrogens is 295 g/mol. The van der Waals surface area contributed by atoms with Crippen LogP contribution in [0.5, 0.6) is 0 Å². The van der Waals surface area contributed by atoms with Gasteiger partial charge >= 0.3 is 0 Å². The number of alkyl halides is 1. The van der Waals surface area contributed by atoms with Gasteiger partial charge < -0.3 is 10.2 Å². The van der Waals surface area contributed by atoms with E-state index >= 15 is 0 Å². The summed E-state index contributed by atoms with van der Waals surface area (Å²) >= 11 is 0. The first-order chi connectivity index (χ1) is 10.7. The Morgan fingerprint density at radius 2 is 1.83 bits per heavy atom. The van der Waals surface area contributed by atoms with E-state index in [1.165, 1.54) is 0 Å². The largest absolute Gasteiger partial charge is 0.393 e. The van der Waals surface area contributed by atoms with Gasteiger partial charge in [0, 0.05) is 11.8 Å². The van der Waals surface area contributed by atoms with Gasteiger partial charge in [-0.2, -0.15) is 0 Å². The molecule has 2 N–H and O–H groups in total. The lowest BCUT2D eigenvalue weighted by Crippen LogP contribution is -2.65. The molecule has 0 heterocycles. The molecule has 0 spiro atoms. The predicted molar refractivity (Wildman–Crippen MR) is 84.5 cm³/mol. The van der Waals surface area contributed by atoms with E-state index in [1.54, 1.807) is 0 Å². The fourth-order valence-electron chi connectivity index (χ4n) is 7.00. The Hall–Kier alpha value is -0.480. The number of rotatable bonds is 0. The van der Waals surface area contributed by atoms with Gasteiger partial charge in [0.1, 0.15) is 0 Å². The quantitative estimate of drug-likeness (QED) is 0.720. The maximum absolute atomic E-state index is 14.2. The molecule has 0 amide bonds. The molecule has 4 saturated carbocycles. The first kappa shape index (κ1) is 16.0. The van der Waals surface area contributed by atoms with Crippen molar-refractivity contribution in [1.82, 2.24) is 0 Å². The van der Waals surface area contributed by atoms with Crippen molar-refractivity contribution >= 4 is 5.78 Å². The van der Waals surface area contributed by atoms with Crippen LogP contribution in [0.4, 0.5) is 4.39 Å². The van der Waals surface area contributed by atoms with Gasteiger partial charge in [0.05, 0.1) is 11.7 Å². The van der Waals surface area contributed by atoms with Gasteiger partial charge in [0.15, 0.2) is 12.0 Å². The second-order valence-corrected chi connectivity index (χ2v) is 9.24. The molecule has 0 radical (unpaired) electrons. The van der Waals surface area contributed by atoms with Crippen molar-refractivity contribution < 1.29 is 19.4 Å². The molecule has 8 atom stereocenters. The Balaban J connectivity index is 1.75. The lowest BCUT2D eigenvalue weighted by molar-refractivity contribution is -0.234. The van der Waals surface area contributed by atoms with Crippen molar-refractivity contribution in [3.05, 3.63) is 0 Å². The van der Waals surface area contributed by atoms with Crippen LogP contribution >= 0.6 is 0 Å². The fraction of sp³-hybridized carbons (Fsp3) is 0.947. The summed E-state index contributed by atoms with van der Waals surface area (Å²) in [6.45, 7) is 4.09. The number of hydrogen-bond donors (Lipinski definition) is 2. The number of carbonyl (C=O) groups excluding carboxylic acids is 1. The third-order valence-electron chi connectivity index (χ3n) is 8.44. The Morgan fingerprint density at radius 3 is 2.57 bits per heavy atom. The van der Waals surface area contributed by atoms with E-state index in [9.17, 15) is 19.4 Å². The molecule has 4 aliphatic rings. The highest BCUT2D eigenvalue weighted by Crippen LogP contribution is 2.66. The summed E-state index contributed by atoms with van der Waals surface area (Å²) in [5.74, 6) is -0.153. The lowest BCUT2D eigenvalue weighted by Gasteiger charge is -2.64.